The SMILES string of the molecule is O=C([O-])c1ccccc1[SH2+].[CH2-]C.[Hg+].[Na+]. The minimum absolute atomic E-state index is 0. The zero-order valence-corrected chi connectivity index (χ0v) is 17.0. The molecule has 67 valence electrons. The molecule has 1 aromatic carbocycles. The Kier molecular flexibility index (Phi) is 17.5. The van der Waals surface area contributed by atoms with Gasteiger partial charge in [0, 0.05) is 0 Å². The molecule has 1 rings (SSSR count). The molecule has 0 aromatic heterocycles. The fourth-order valence-electron chi connectivity index (χ4n) is 0.661. The van der Waals surface area contributed by atoms with Crippen LogP contribution in [0.25, 0.3) is 0 Å². The van der Waals surface area contributed by atoms with E-state index in [1.165, 1.54) is 6.07 Å². The summed E-state index contributed by atoms with van der Waals surface area (Å²) in [7, 11) is 0. The first-order valence-corrected chi connectivity index (χ1v) is 3.94. The van der Waals surface area contributed by atoms with Gasteiger partial charge in [-0.2, -0.15) is 6.92 Å². The number of carboxylic acid groups (broad SMARTS) is 1. The molecule has 0 N–H and O–H groups in total. The van der Waals surface area contributed by atoms with Gasteiger partial charge in [0.1, 0.15) is 0 Å². The molecule has 0 atom stereocenters. The predicted octanol–water partition coefficient (Wildman–Crippen LogP) is -2.74. The molecule has 0 fully saturated rings. The van der Waals surface area contributed by atoms with E-state index in [0.717, 1.165) is 0 Å². The monoisotopic (exact) mass is 408 g/mol. The van der Waals surface area contributed by atoms with Crippen LogP contribution in [0.5, 0.6) is 0 Å². The number of rotatable bonds is 1. The molecular weight excluding hydrogens is 396 g/mol. The molecule has 0 spiro atoms. The number of benzene rings is 1. The number of hydrogen-bond donors (Lipinski definition) is 0. The Morgan fingerprint density at radius 3 is 2.07 bits per heavy atom. The first-order valence-electron chi connectivity index (χ1n) is 3.44. The normalized spacial score (nSPS) is 7.07. The molecule has 14 heavy (non-hydrogen) atoms. The van der Waals surface area contributed by atoms with E-state index in [-0.39, 0.29) is 62.8 Å². The van der Waals surface area contributed by atoms with E-state index in [1.54, 1.807) is 25.1 Å². The first kappa shape index (κ1) is 20.4. The van der Waals surface area contributed by atoms with E-state index in [4.69, 9.17) is 0 Å². The van der Waals surface area contributed by atoms with Gasteiger partial charge in [-0.05, 0) is 24.8 Å². The van der Waals surface area contributed by atoms with E-state index in [9.17, 15) is 9.90 Å². The Hall–Kier alpha value is 0.975. The summed E-state index contributed by atoms with van der Waals surface area (Å²) in [6.07, 6.45) is 0. The van der Waals surface area contributed by atoms with Crippen LogP contribution in [0, 0.1) is 6.92 Å². The van der Waals surface area contributed by atoms with Crippen LogP contribution in [-0.4, -0.2) is 5.97 Å². The summed E-state index contributed by atoms with van der Waals surface area (Å²) < 4.78 is 0. The van der Waals surface area contributed by atoms with Gasteiger partial charge in [0.25, 0.3) is 0 Å². The van der Waals surface area contributed by atoms with E-state index >= 15 is 0 Å². The van der Waals surface area contributed by atoms with E-state index in [0.29, 0.717) is 4.90 Å². The van der Waals surface area contributed by atoms with Crippen LogP contribution in [-0.2, 0) is 40.3 Å². The van der Waals surface area contributed by atoms with Crippen LogP contribution in [0.1, 0.15) is 17.3 Å². The smallest absolute Gasteiger partial charge is 0.545 e. The largest absolute Gasteiger partial charge is 1.00 e. The van der Waals surface area contributed by atoms with Crippen molar-refractivity contribution in [2.75, 3.05) is 0 Å². The van der Waals surface area contributed by atoms with Gasteiger partial charge in [-0.1, -0.05) is 12.1 Å². The fraction of sp³-hybridized carbons (Fsp3) is 0.111. The van der Waals surface area contributed by atoms with Crippen molar-refractivity contribution in [1.82, 2.24) is 0 Å². The second kappa shape index (κ2) is 12.0. The third-order valence-corrected chi connectivity index (χ3v) is 1.58. The standard InChI is InChI=1S/C7H6O2S.C2H5.Hg.Na/c8-7(9)5-3-1-2-4-6(5)10;1-2;;/h1-4,10H,(H,8,9);1H2,2H3;;/q;-1;2*+1. The summed E-state index contributed by atoms with van der Waals surface area (Å²) in [5.41, 5.74) is 0.180. The molecule has 0 aliphatic heterocycles. The maximum absolute atomic E-state index is 10.3. The molecule has 1 aromatic rings. The maximum Gasteiger partial charge on any atom is 1.00 e. The number of carboxylic acids is 1. The fourth-order valence-corrected chi connectivity index (χ4v) is 0.943. The van der Waals surface area contributed by atoms with Gasteiger partial charge < -0.3 is 16.8 Å². The van der Waals surface area contributed by atoms with Gasteiger partial charge in [0.2, 0.25) is 0 Å². The van der Waals surface area contributed by atoms with Crippen molar-refractivity contribution in [3.63, 3.8) is 0 Å². The number of hydrogen-bond acceptors (Lipinski definition) is 2. The van der Waals surface area contributed by atoms with Crippen LogP contribution >= 0.6 is 0 Å². The number of carbonyl (C=O) groups is 1. The maximum atomic E-state index is 10.3. The number of aromatic carboxylic acids is 1. The van der Waals surface area contributed by atoms with Crippen LogP contribution in [0.3, 0.4) is 0 Å². The topological polar surface area (TPSA) is 40.1 Å². The summed E-state index contributed by atoms with van der Waals surface area (Å²) in [6, 6.07) is 6.53. The second-order valence-electron chi connectivity index (χ2n) is 1.83. The third-order valence-electron chi connectivity index (χ3n) is 1.15. The Balaban J connectivity index is -0.000000284. The van der Waals surface area contributed by atoms with Crippen molar-refractivity contribution in [3.8, 4) is 0 Å². The van der Waals surface area contributed by atoms with Crippen LogP contribution in [0.15, 0.2) is 29.2 Å². The van der Waals surface area contributed by atoms with E-state index in [1.807, 2.05) is 0 Å². The molecule has 0 saturated heterocycles. The summed E-state index contributed by atoms with van der Waals surface area (Å²) in [6.45, 7) is 5.00. The van der Waals surface area contributed by atoms with Gasteiger partial charge in [-0.3, -0.25) is 0 Å². The summed E-state index contributed by atoms with van der Waals surface area (Å²) >= 11 is 3.13. The second-order valence-corrected chi connectivity index (χ2v) is 2.37. The average Bonchev–Trinajstić information content (AvgIpc) is 2.08. The molecule has 0 aliphatic carbocycles. The summed E-state index contributed by atoms with van der Waals surface area (Å²) in [5, 5.41) is 10.3. The minimum atomic E-state index is -1.16. The van der Waals surface area contributed by atoms with E-state index in [2.05, 4.69) is 19.6 Å². The van der Waals surface area contributed by atoms with Crippen molar-refractivity contribution in [2.45, 2.75) is 11.8 Å². The molecule has 5 heteroatoms. The molecule has 0 heterocycles. The predicted molar refractivity (Wildman–Crippen MR) is 50.2 cm³/mol. The Morgan fingerprint density at radius 1 is 1.36 bits per heavy atom. The van der Waals surface area contributed by atoms with Crippen molar-refractivity contribution in [2.24, 2.45) is 0 Å². The summed E-state index contributed by atoms with van der Waals surface area (Å²) in [4.78, 5) is 10.8. The first-order chi connectivity index (χ1) is 5.72. The minimum Gasteiger partial charge on any atom is -0.545 e. The molecule has 0 bridgehead atoms. The van der Waals surface area contributed by atoms with Gasteiger partial charge in [-0.15, -0.1) is 0 Å². The molecular formula is C9H11HgNaO2S+. The molecule has 1 radical (unpaired) electrons. The van der Waals surface area contributed by atoms with Crippen molar-refractivity contribution in [1.29, 1.82) is 0 Å². The van der Waals surface area contributed by atoms with Crippen LogP contribution in [0.4, 0.5) is 0 Å². The quantitative estimate of drug-likeness (QED) is 0.288. The van der Waals surface area contributed by atoms with Gasteiger partial charge in [0.15, 0.2) is 4.90 Å². The Labute approximate surface area is 133 Å². The zero-order chi connectivity index (χ0) is 9.56. The molecule has 0 unspecified atom stereocenters. The van der Waals surface area contributed by atoms with Crippen LogP contribution < -0.4 is 34.7 Å². The molecule has 2 nitrogen and oxygen atoms in total. The van der Waals surface area contributed by atoms with Crippen LogP contribution in [0.2, 0.25) is 0 Å². The average molecular weight is 407 g/mol. The molecule has 0 saturated carbocycles. The zero-order valence-electron chi connectivity index (χ0n) is 8.54. The summed E-state index contributed by atoms with van der Waals surface area (Å²) in [5.74, 6) is -1.16. The van der Waals surface area contributed by atoms with Gasteiger partial charge in [0.05, 0.1) is 11.5 Å². The van der Waals surface area contributed by atoms with Crippen molar-refractivity contribution in [3.05, 3.63) is 36.8 Å². The van der Waals surface area contributed by atoms with Crippen molar-refractivity contribution < 1.29 is 67.1 Å². The van der Waals surface area contributed by atoms with Gasteiger partial charge in [-0.25, -0.2) is 0 Å². The Morgan fingerprint density at radius 2 is 1.79 bits per heavy atom. The van der Waals surface area contributed by atoms with Gasteiger partial charge >= 0.3 is 57.2 Å². The van der Waals surface area contributed by atoms with Crippen molar-refractivity contribution >= 4 is 18.6 Å². The molecule has 0 amide bonds. The third kappa shape index (κ3) is 7.29. The molecule has 0 aliphatic rings. The number of carbonyl (C=O) groups excluding carboxylic acids is 1. The Bertz CT molecular complexity index is 269. The van der Waals surface area contributed by atoms with E-state index < -0.39 is 5.97 Å².